The van der Waals surface area contributed by atoms with Crippen molar-refractivity contribution in [3.8, 4) is 11.5 Å². The lowest BCUT2D eigenvalue weighted by molar-refractivity contribution is -0.139. The number of ether oxygens (including phenoxy) is 2. The van der Waals surface area contributed by atoms with Crippen molar-refractivity contribution < 1.29 is 24.5 Å². The second-order valence-corrected chi connectivity index (χ2v) is 6.94. The molecule has 0 radical (unpaired) electrons. The molecule has 0 aliphatic carbocycles. The Kier molecular flexibility index (Phi) is 7.08. The van der Waals surface area contributed by atoms with Gasteiger partial charge in [0.05, 0.1) is 11.4 Å². The van der Waals surface area contributed by atoms with Crippen LogP contribution in [-0.4, -0.2) is 42.0 Å². The van der Waals surface area contributed by atoms with Crippen LogP contribution >= 0.6 is 0 Å². The number of anilines is 2. The second-order valence-electron chi connectivity index (χ2n) is 6.94. The first-order valence-electron chi connectivity index (χ1n) is 8.84. The number of nitrogen functional groups attached to an aromatic ring is 2. The topological polar surface area (TPSA) is 140 Å². The summed E-state index contributed by atoms with van der Waals surface area (Å²) in [5, 5.41) is 22.1. The maximum absolute atomic E-state index is 10.5. The Hall–Kier alpha value is -2.97. The Labute approximate surface area is 164 Å². The molecule has 2 aromatic carbocycles. The highest BCUT2D eigenvalue weighted by Gasteiger charge is 2.21. The van der Waals surface area contributed by atoms with Crippen LogP contribution in [0.25, 0.3) is 0 Å². The lowest BCUT2D eigenvalue weighted by atomic mass is 9.94. The molecule has 0 amide bonds. The quantitative estimate of drug-likeness (QED) is 0.386. The third kappa shape index (κ3) is 6.04. The van der Waals surface area contributed by atoms with Crippen LogP contribution < -0.4 is 26.3 Å². The molecule has 7 N–H and O–H groups in total. The number of carboxylic acid groups (broad SMARTS) is 1. The number of nitrogens with two attached hydrogens (primary N) is 2. The summed E-state index contributed by atoms with van der Waals surface area (Å²) in [5.41, 5.74) is 12.9. The summed E-state index contributed by atoms with van der Waals surface area (Å²) in [6.45, 7) is 3.93. The van der Waals surface area contributed by atoms with Gasteiger partial charge in [-0.15, -0.1) is 0 Å². The summed E-state index contributed by atoms with van der Waals surface area (Å²) in [7, 11) is 0. The lowest BCUT2D eigenvalue weighted by Crippen LogP contribution is -2.42. The maximum atomic E-state index is 10.5. The molecule has 0 saturated carbocycles. The van der Waals surface area contributed by atoms with E-state index in [-0.39, 0.29) is 13.2 Å². The van der Waals surface area contributed by atoms with E-state index >= 15 is 0 Å². The molecular formula is C20H27N3O5. The number of rotatable bonds is 10. The van der Waals surface area contributed by atoms with Gasteiger partial charge >= 0.3 is 5.97 Å². The Morgan fingerprint density at radius 1 is 1.14 bits per heavy atom. The largest absolute Gasteiger partial charge is 0.489 e. The number of hydrogen-bond acceptors (Lipinski definition) is 7. The molecule has 0 heterocycles. The number of hydrogen-bond donors (Lipinski definition) is 5. The Morgan fingerprint density at radius 3 is 2.46 bits per heavy atom. The standard InChI is InChI=1S/C20H27N3O5/c1-20(2,13-6-8-15(9-7-13)27-12-18(25)26)23-10-14(24)11-28-17-5-3-4-16(21)19(17)22/h3-9,14,23-24H,10-12,21-22H2,1-2H3,(H,25,26). The highest BCUT2D eigenvalue weighted by atomic mass is 16.5. The van der Waals surface area contributed by atoms with Gasteiger partial charge < -0.3 is 36.5 Å². The highest BCUT2D eigenvalue weighted by molar-refractivity contribution is 5.70. The van der Waals surface area contributed by atoms with Crippen LogP contribution in [0, 0.1) is 0 Å². The minimum absolute atomic E-state index is 0.0682. The second kappa shape index (κ2) is 9.29. The summed E-state index contributed by atoms with van der Waals surface area (Å²) in [6, 6.07) is 12.2. The van der Waals surface area contributed by atoms with Crippen LogP contribution in [0.2, 0.25) is 0 Å². The summed E-state index contributed by atoms with van der Waals surface area (Å²) < 4.78 is 10.7. The molecule has 8 nitrogen and oxygen atoms in total. The van der Waals surface area contributed by atoms with E-state index in [4.69, 9.17) is 26.0 Å². The molecule has 1 atom stereocenters. The summed E-state index contributed by atoms with van der Waals surface area (Å²) in [5.74, 6) is -0.104. The molecule has 2 rings (SSSR count). The van der Waals surface area contributed by atoms with E-state index in [0.717, 1.165) is 5.56 Å². The first kappa shape index (κ1) is 21.3. The van der Waals surface area contributed by atoms with Crippen LogP contribution in [0.3, 0.4) is 0 Å². The minimum Gasteiger partial charge on any atom is -0.489 e. The zero-order valence-electron chi connectivity index (χ0n) is 16.0. The fourth-order valence-electron chi connectivity index (χ4n) is 2.52. The number of aliphatic hydroxyl groups excluding tert-OH is 1. The summed E-state index contributed by atoms with van der Waals surface area (Å²) in [4.78, 5) is 10.5. The van der Waals surface area contributed by atoms with Gasteiger partial charge in [-0.2, -0.15) is 0 Å². The third-order valence-electron chi connectivity index (χ3n) is 4.25. The van der Waals surface area contributed by atoms with Crippen LogP contribution in [0.4, 0.5) is 11.4 Å². The fourth-order valence-corrected chi connectivity index (χ4v) is 2.52. The van der Waals surface area contributed by atoms with Gasteiger partial charge in [0.15, 0.2) is 6.61 Å². The number of aliphatic carboxylic acids is 1. The molecule has 0 spiro atoms. The summed E-state index contributed by atoms with van der Waals surface area (Å²) >= 11 is 0. The van der Waals surface area contributed by atoms with Crippen molar-refractivity contribution in [1.29, 1.82) is 0 Å². The van der Waals surface area contributed by atoms with E-state index in [9.17, 15) is 9.90 Å². The zero-order chi connectivity index (χ0) is 20.7. The SMILES string of the molecule is CC(C)(NCC(O)COc1cccc(N)c1N)c1ccc(OCC(=O)O)cc1. The van der Waals surface area contributed by atoms with Gasteiger partial charge in [-0.25, -0.2) is 4.79 Å². The van der Waals surface area contributed by atoms with Crippen LogP contribution in [-0.2, 0) is 10.3 Å². The number of carbonyl (C=O) groups is 1. The Bertz CT molecular complexity index is 793. The summed E-state index contributed by atoms with van der Waals surface area (Å²) in [6.07, 6.45) is -0.752. The van der Waals surface area contributed by atoms with Gasteiger partial charge in [-0.1, -0.05) is 18.2 Å². The number of para-hydroxylation sites is 1. The molecule has 2 aromatic rings. The number of carboxylic acids is 1. The van der Waals surface area contributed by atoms with Crippen molar-refractivity contribution in [2.75, 3.05) is 31.2 Å². The molecule has 28 heavy (non-hydrogen) atoms. The number of nitrogens with one attached hydrogen (secondary N) is 1. The Balaban J connectivity index is 1.86. The molecule has 0 saturated heterocycles. The zero-order valence-corrected chi connectivity index (χ0v) is 16.0. The van der Waals surface area contributed by atoms with Gasteiger partial charge in [0.25, 0.3) is 0 Å². The van der Waals surface area contributed by atoms with Gasteiger partial charge in [-0.3, -0.25) is 0 Å². The molecule has 8 heteroatoms. The molecule has 1 unspecified atom stereocenters. The van der Waals surface area contributed by atoms with Crippen molar-refractivity contribution in [2.24, 2.45) is 0 Å². The molecule has 0 bridgehead atoms. The van der Waals surface area contributed by atoms with Crippen molar-refractivity contribution in [3.63, 3.8) is 0 Å². The van der Waals surface area contributed by atoms with E-state index in [0.29, 0.717) is 29.4 Å². The van der Waals surface area contributed by atoms with E-state index < -0.39 is 17.6 Å². The van der Waals surface area contributed by atoms with E-state index in [1.54, 1.807) is 30.3 Å². The Morgan fingerprint density at radius 2 is 1.82 bits per heavy atom. The van der Waals surface area contributed by atoms with E-state index in [1.807, 2.05) is 26.0 Å². The molecule has 0 aromatic heterocycles. The monoisotopic (exact) mass is 389 g/mol. The van der Waals surface area contributed by atoms with Crippen molar-refractivity contribution >= 4 is 17.3 Å². The van der Waals surface area contributed by atoms with Gasteiger partial charge in [0, 0.05) is 12.1 Å². The van der Waals surface area contributed by atoms with Crippen molar-refractivity contribution in [2.45, 2.75) is 25.5 Å². The number of aliphatic hydroxyl groups is 1. The average molecular weight is 389 g/mol. The highest BCUT2D eigenvalue weighted by Crippen LogP contribution is 2.27. The predicted molar refractivity (Wildman–Crippen MR) is 107 cm³/mol. The molecule has 0 aliphatic rings. The average Bonchev–Trinajstić information content (AvgIpc) is 2.66. The maximum Gasteiger partial charge on any atom is 0.341 e. The van der Waals surface area contributed by atoms with Crippen molar-refractivity contribution in [3.05, 3.63) is 48.0 Å². The third-order valence-corrected chi connectivity index (χ3v) is 4.25. The van der Waals surface area contributed by atoms with Gasteiger partial charge in [0.1, 0.15) is 24.2 Å². The normalized spacial score (nSPS) is 12.4. The predicted octanol–water partition coefficient (Wildman–Crippen LogP) is 1.58. The van der Waals surface area contributed by atoms with Gasteiger partial charge in [0.2, 0.25) is 0 Å². The lowest BCUT2D eigenvalue weighted by Gasteiger charge is -2.28. The smallest absolute Gasteiger partial charge is 0.341 e. The molecule has 0 fully saturated rings. The van der Waals surface area contributed by atoms with E-state index in [2.05, 4.69) is 5.32 Å². The van der Waals surface area contributed by atoms with Gasteiger partial charge in [-0.05, 0) is 43.7 Å². The first-order valence-corrected chi connectivity index (χ1v) is 8.84. The fraction of sp³-hybridized carbons (Fsp3) is 0.350. The minimum atomic E-state index is -1.03. The van der Waals surface area contributed by atoms with E-state index in [1.165, 1.54) is 0 Å². The van der Waals surface area contributed by atoms with Crippen LogP contribution in [0.1, 0.15) is 19.4 Å². The number of benzene rings is 2. The molecular weight excluding hydrogens is 362 g/mol. The van der Waals surface area contributed by atoms with Crippen LogP contribution in [0.15, 0.2) is 42.5 Å². The van der Waals surface area contributed by atoms with Crippen LogP contribution in [0.5, 0.6) is 11.5 Å². The molecule has 152 valence electrons. The first-order chi connectivity index (χ1) is 13.2. The van der Waals surface area contributed by atoms with Crippen molar-refractivity contribution in [1.82, 2.24) is 5.32 Å². The molecule has 0 aliphatic heterocycles.